The van der Waals surface area contributed by atoms with E-state index in [0.29, 0.717) is 12.1 Å². The number of hydrogen-bond donors (Lipinski definition) is 0. The van der Waals surface area contributed by atoms with Crippen molar-refractivity contribution in [2.75, 3.05) is 13.2 Å². The second kappa shape index (κ2) is 8.80. The van der Waals surface area contributed by atoms with Crippen LogP contribution >= 0.6 is 11.8 Å². The molecule has 3 heterocycles. The quantitative estimate of drug-likeness (QED) is 0.234. The lowest BCUT2D eigenvalue weighted by Gasteiger charge is -2.48. The first-order chi connectivity index (χ1) is 14.0. The molecule has 3 rings (SSSR count). The topological polar surface area (TPSA) is 65.1 Å². The first-order valence-corrected chi connectivity index (χ1v) is 14.6. The van der Waals surface area contributed by atoms with E-state index in [1.807, 2.05) is 6.92 Å². The third kappa shape index (κ3) is 4.42. The maximum atomic E-state index is 13.1. The van der Waals surface area contributed by atoms with Crippen LogP contribution in [-0.4, -0.2) is 55.9 Å². The van der Waals surface area contributed by atoms with Gasteiger partial charge in [0.05, 0.1) is 18.1 Å². The number of nitrogens with zero attached hydrogens (tertiary/aromatic N) is 1. The van der Waals surface area contributed by atoms with Gasteiger partial charge in [-0.15, -0.1) is 11.8 Å². The van der Waals surface area contributed by atoms with E-state index in [1.54, 1.807) is 16.7 Å². The zero-order valence-corrected chi connectivity index (χ0v) is 20.8. The molecule has 0 aromatic heterocycles. The average molecular weight is 454 g/mol. The molecule has 2 fully saturated rings. The number of fused-ring (bicyclic) bond motifs is 1. The van der Waals surface area contributed by atoms with Crippen LogP contribution in [0.5, 0.6) is 0 Å². The van der Waals surface area contributed by atoms with Crippen molar-refractivity contribution >= 4 is 32.0 Å². The fourth-order valence-electron chi connectivity index (χ4n) is 3.91. The summed E-state index contributed by atoms with van der Waals surface area (Å²) in [7, 11) is -2.01. The normalized spacial score (nSPS) is 27.7. The summed E-state index contributed by atoms with van der Waals surface area (Å²) < 4.78 is 17.6. The SMILES string of the molecule is C=CCOC(=O)C1=C(C[C@@H]2CCCO2)S[C@@H]2[C@@H]([C@@H](C)O[Si](C)(C)C(C)(C)C)C(=O)N12. The monoisotopic (exact) mass is 453 g/mol. The van der Waals surface area contributed by atoms with E-state index >= 15 is 0 Å². The molecule has 3 aliphatic heterocycles. The van der Waals surface area contributed by atoms with Crippen LogP contribution in [0.4, 0.5) is 0 Å². The molecule has 8 heteroatoms. The van der Waals surface area contributed by atoms with Gasteiger partial charge >= 0.3 is 5.97 Å². The summed E-state index contributed by atoms with van der Waals surface area (Å²) in [6.07, 6.45) is 4.10. The lowest BCUT2D eigenvalue weighted by Crippen LogP contribution is -2.62. The highest BCUT2D eigenvalue weighted by Crippen LogP contribution is 2.53. The standard InChI is InChI=1S/C22H35NO5SSi/c1-8-11-27-21(25)18-16(13-15-10-9-12-26-15)29-20-17(19(24)23(18)20)14(2)28-30(6,7)22(3,4)5/h8,14-15,17,20H,1,9-13H2,2-7H3/t14-,15+,17+,20-/m1/s1. The van der Waals surface area contributed by atoms with Crippen LogP contribution in [0.25, 0.3) is 0 Å². The van der Waals surface area contributed by atoms with Gasteiger partial charge in [0.15, 0.2) is 8.32 Å². The number of esters is 1. The third-order valence-corrected chi connectivity index (χ3v) is 12.6. The second-order valence-corrected chi connectivity index (χ2v) is 15.8. The zero-order valence-electron chi connectivity index (χ0n) is 19.0. The molecule has 1 amide bonds. The summed E-state index contributed by atoms with van der Waals surface area (Å²) in [5.74, 6) is -0.761. The van der Waals surface area contributed by atoms with Crippen molar-refractivity contribution in [3.63, 3.8) is 0 Å². The predicted octanol–water partition coefficient (Wildman–Crippen LogP) is 4.44. The minimum atomic E-state index is -2.01. The van der Waals surface area contributed by atoms with E-state index in [2.05, 4.69) is 40.4 Å². The number of hydrogen-bond acceptors (Lipinski definition) is 6. The molecule has 4 atom stereocenters. The summed E-state index contributed by atoms with van der Waals surface area (Å²) in [5, 5.41) is -0.0423. The first kappa shape index (κ1) is 23.6. The van der Waals surface area contributed by atoms with Crippen LogP contribution in [0.3, 0.4) is 0 Å². The van der Waals surface area contributed by atoms with Gasteiger partial charge in [-0.25, -0.2) is 4.79 Å². The summed E-state index contributed by atoms with van der Waals surface area (Å²) in [6.45, 7) is 17.5. The van der Waals surface area contributed by atoms with E-state index < -0.39 is 14.3 Å². The Kier molecular flexibility index (Phi) is 6.92. The molecule has 0 unspecified atom stereocenters. The van der Waals surface area contributed by atoms with Gasteiger partial charge in [-0.1, -0.05) is 33.4 Å². The van der Waals surface area contributed by atoms with Crippen molar-refractivity contribution in [3.05, 3.63) is 23.3 Å². The maximum absolute atomic E-state index is 13.1. The Morgan fingerprint density at radius 1 is 1.43 bits per heavy atom. The second-order valence-electron chi connectivity index (χ2n) is 9.82. The van der Waals surface area contributed by atoms with E-state index in [4.69, 9.17) is 13.9 Å². The Morgan fingerprint density at radius 3 is 2.70 bits per heavy atom. The van der Waals surface area contributed by atoms with E-state index in [9.17, 15) is 9.59 Å². The fourth-order valence-corrected chi connectivity index (χ4v) is 7.00. The Bertz CT molecular complexity index is 738. The van der Waals surface area contributed by atoms with Crippen molar-refractivity contribution < 1.29 is 23.5 Å². The molecule has 30 heavy (non-hydrogen) atoms. The molecule has 0 radical (unpaired) electrons. The molecule has 0 N–H and O–H groups in total. The highest BCUT2D eigenvalue weighted by atomic mass is 32.2. The van der Waals surface area contributed by atoms with Crippen LogP contribution in [-0.2, 0) is 23.5 Å². The van der Waals surface area contributed by atoms with Crippen molar-refractivity contribution in [2.45, 2.75) is 82.7 Å². The fraction of sp³-hybridized carbons (Fsp3) is 0.727. The molecule has 6 nitrogen and oxygen atoms in total. The minimum Gasteiger partial charge on any atom is -0.457 e. The van der Waals surface area contributed by atoms with Gasteiger partial charge in [-0.3, -0.25) is 9.69 Å². The molecule has 0 spiro atoms. The molecular formula is C22H35NO5SSi. The largest absolute Gasteiger partial charge is 0.457 e. The minimum absolute atomic E-state index is 0.0494. The Hall–Kier alpha value is -1.09. The van der Waals surface area contributed by atoms with Crippen molar-refractivity contribution in [3.8, 4) is 0 Å². The number of carbonyl (C=O) groups is 2. The predicted molar refractivity (Wildman–Crippen MR) is 121 cm³/mol. The number of carbonyl (C=O) groups excluding carboxylic acids is 2. The average Bonchev–Trinajstić information content (AvgIpc) is 3.24. The maximum Gasteiger partial charge on any atom is 0.356 e. The van der Waals surface area contributed by atoms with Gasteiger partial charge in [-0.2, -0.15) is 0 Å². The van der Waals surface area contributed by atoms with Gasteiger partial charge in [-0.05, 0) is 37.9 Å². The van der Waals surface area contributed by atoms with Gasteiger partial charge in [0.25, 0.3) is 0 Å². The van der Waals surface area contributed by atoms with E-state index in [-0.39, 0.29) is 41.1 Å². The summed E-state index contributed by atoms with van der Waals surface area (Å²) in [6, 6.07) is 0. The Balaban J connectivity index is 1.77. The van der Waals surface area contributed by atoms with Gasteiger partial charge < -0.3 is 13.9 Å². The van der Waals surface area contributed by atoms with Crippen molar-refractivity contribution in [1.29, 1.82) is 0 Å². The smallest absolute Gasteiger partial charge is 0.356 e. The van der Waals surface area contributed by atoms with E-state index in [0.717, 1.165) is 24.4 Å². The van der Waals surface area contributed by atoms with Crippen LogP contribution in [0.15, 0.2) is 23.3 Å². The van der Waals surface area contributed by atoms with E-state index in [1.165, 1.54) is 6.08 Å². The molecule has 0 aliphatic carbocycles. The third-order valence-electron chi connectivity index (χ3n) is 6.61. The number of ether oxygens (including phenoxy) is 2. The summed E-state index contributed by atoms with van der Waals surface area (Å²) in [4.78, 5) is 28.4. The number of rotatable bonds is 8. The lowest BCUT2D eigenvalue weighted by molar-refractivity contribution is -0.157. The van der Waals surface area contributed by atoms with Crippen molar-refractivity contribution in [2.24, 2.45) is 5.92 Å². The molecule has 2 saturated heterocycles. The van der Waals surface area contributed by atoms with Gasteiger partial charge in [0.1, 0.15) is 17.7 Å². The molecule has 0 saturated carbocycles. The lowest BCUT2D eigenvalue weighted by atomic mass is 9.92. The number of thioether (sulfide) groups is 1. The molecular weight excluding hydrogens is 418 g/mol. The van der Waals surface area contributed by atoms with Gasteiger partial charge in [0, 0.05) is 17.9 Å². The molecule has 168 valence electrons. The number of β-lactam (4-membered cyclic amide) rings is 1. The summed E-state index contributed by atoms with van der Waals surface area (Å²) >= 11 is 1.60. The first-order valence-electron chi connectivity index (χ1n) is 10.8. The highest BCUT2D eigenvalue weighted by Gasteiger charge is 2.59. The molecule has 0 bridgehead atoms. The Labute approximate surface area is 185 Å². The van der Waals surface area contributed by atoms with Gasteiger partial charge in [0.2, 0.25) is 5.91 Å². The molecule has 0 aromatic carbocycles. The molecule has 0 aromatic rings. The van der Waals surface area contributed by atoms with Crippen LogP contribution < -0.4 is 0 Å². The Morgan fingerprint density at radius 2 is 2.13 bits per heavy atom. The highest BCUT2D eigenvalue weighted by molar-refractivity contribution is 8.04. The summed E-state index contributed by atoms with van der Waals surface area (Å²) in [5.41, 5.74) is 0.392. The zero-order chi connectivity index (χ0) is 22.3. The van der Waals surface area contributed by atoms with Crippen LogP contribution in [0.2, 0.25) is 18.1 Å². The van der Waals surface area contributed by atoms with Crippen molar-refractivity contribution in [1.82, 2.24) is 4.90 Å². The molecule has 3 aliphatic rings. The number of amides is 1. The van der Waals surface area contributed by atoms with Crippen LogP contribution in [0.1, 0.15) is 47.0 Å². The van der Waals surface area contributed by atoms with Crippen LogP contribution in [0, 0.1) is 5.92 Å².